The molecule has 0 aliphatic rings. The molecule has 1 atom stereocenters. The molecule has 0 aliphatic heterocycles. The molecule has 0 saturated heterocycles. The van der Waals surface area contributed by atoms with Gasteiger partial charge in [0.05, 0.1) is 16.6 Å². The van der Waals surface area contributed by atoms with Gasteiger partial charge in [-0.2, -0.15) is 0 Å². The fraction of sp³-hybridized carbons (Fsp3) is 0.0909. The van der Waals surface area contributed by atoms with Crippen LogP contribution in [0.1, 0.15) is 5.56 Å². The number of hydrogen-bond acceptors (Lipinski definition) is 3. The molecule has 2 rings (SSSR count). The molecule has 1 N–H and O–H groups in total. The van der Waals surface area contributed by atoms with Gasteiger partial charge in [-0.1, -0.05) is 23.7 Å². The Morgan fingerprint density at radius 1 is 1.29 bits per heavy atom. The smallest absolute Gasteiger partial charge is 0.283 e. The zero-order valence-corrected chi connectivity index (χ0v) is 10.3. The van der Waals surface area contributed by atoms with Crippen LogP contribution in [-0.4, -0.2) is 14.2 Å². The maximum Gasteiger partial charge on any atom is 0.283 e. The predicted molar refractivity (Wildman–Crippen MR) is 66.4 cm³/mol. The lowest BCUT2D eigenvalue weighted by Crippen LogP contribution is -2.16. The molecule has 1 aromatic heterocycles. The predicted octanol–water partition coefficient (Wildman–Crippen LogP) is 1.73. The lowest BCUT2D eigenvalue weighted by molar-refractivity contribution is 0.678. The molecule has 0 fully saturated rings. The molecule has 0 saturated carbocycles. The zero-order valence-electron chi connectivity index (χ0n) is 8.72. The molecule has 0 bridgehead atoms. The quantitative estimate of drug-likeness (QED) is 0.922. The Bertz CT molecular complexity index is 595. The van der Waals surface area contributed by atoms with Crippen molar-refractivity contribution >= 4 is 22.4 Å². The first kappa shape index (κ1) is 12.0. The molecular formula is C11H9ClN2O2S. The number of aromatic amines is 1. The van der Waals surface area contributed by atoms with Gasteiger partial charge in [-0.25, -0.2) is 4.98 Å². The molecule has 6 heteroatoms. The standard InChI is InChI=1S/C11H9ClN2O2S/c12-9-3-1-8(2-4-9)7-17(16)11-10(15)13-5-6-14-11/h1-6H,7H2,(H,13,15). The summed E-state index contributed by atoms with van der Waals surface area (Å²) in [6.07, 6.45) is 2.82. The fourth-order valence-electron chi connectivity index (χ4n) is 1.30. The number of rotatable bonds is 3. The summed E-state index contributed by atoms with van der Waals surface area (Å²) in [6.45, 7) is 0. The van der Waals surface area contributed by atoms with Crippen molar-refractivity contribution in [2.75, 3.05) is 0 Å². The van der Waals surface area contributed by atoms with Crippen LogP contribution in [0.15, 0.2) is 46.5 Å². The number of hydrogen-bond donors (Lipinski definition) is 1. The van der Waals surface area contributed by atoms with E-state index in [-0.39, 0.29) is 10.8 Å². The van der Waals surface area contributed by atoms with Gasteiger partial charge in [-0.3, -0.25) is 9.00 Å². The van der Waals surface area contributed by atoms with Crippen LogP contribution in [0.2, 0.25) is 5.02 Å². The summed E-state index contributed by atoms with van der Waals surface area (Å²) >= 11 is 5.75. The van der Waals surface area contributed by atoms with Crippen LogP contribution in [0.4, 0.5) is 0 Å². The second-order valence-electron chi connectivity index (χ2n) is 3.34. The van der Waals surface area contributed by atoms with E-state index in [0.717, 1.165) is 5.56 Å². The second-order valence-corrected chi connectivity index (χ2v) is 5.14. The van der Waals surface area contributed by atoms with Gasteiger partial charge in [0.25, 0.3) is 5.56 Å². The maximum absolute atomic E-state index is 11.9. The lowest BCUT2D eigenvalue weighted by atomic mass is 10.2. The first-order valence-corrected chi connectivity index (χ1v) is 6.53. The highest BCUT2D eigenvalue weighted by Gasteiger charge is 2.10. The molecule has 2 aromatic rings. The van der Waals surface area contributed by atoms with E-state index in [1.165, 1.54) is 12.4 Å². The summed E-state index contributed by atoms with van der Waals surface area (Å²) in [5.41, 5.74) is 0.428. The van der Waals surface area contributed by atoms with Crippen molar-refractivity contribution in [3.05, 3.63) is 57.6 Å². The zero-order chi connectivity index (χ0) is 12.3. The van der Waals surface area contributed by atoms with E-state index < -0.39 is 16.4 Å². The van der Waals surface area contributed by atoms with Crippen molar-refractivity contribution in [2.45, 2.75) is 10.8 Å². The van der Waals surface area contributed by atoms with Gasteiger partial charge in [0.2, 0.25) is 0 Å². The monoisotopic (exact) mass is 268 g/mol. The lowest BCUT2D eigenvalue weighted by Gasteiger charge is -2.01. The maximum atomic E-state index is 11.9. The Kier molecular flexibility index (Phi) is 3.71. The number of H-pyrrole nitrogens is 1. The van der Waals surface area contributed by atoms with Gasteiger partial charge >= 0.3 is 0 Å². The third kappa shape index (κ3) is 3.01. The van der Waals surface area contributed by atoms with E-state index in [0.29, 0.717) is 5.02 Å². The third-order valence-corrected chi connectivity index (χ3v) is 3.67. The summed E-state index contributed by atoms with van der Waals surface area (Å²) in [6, 6.07) is 6.99. The molecule has 1 aromatic carbocycles. The number of nitrogens with one attached hydrogen (secondary N) is 1. The highest BCUT2D eigenvalue weighted by atomic mass is 35.5. The minimum atomic E-state index is -1.45. The minimum Gasteiger partial charge on any atom is -0.325 e. The molecule has 1 heterocycles. The van der Waals surface area contributed by atoms with E-state index in [9.17, 15) is 9.00 Å². The summed E-state index contributed by atoms with van der Waals surface area (Å²) in [5.74, 6) is 0.247. The van der Waals surface area contributed by atoms with E-state index in [2.05, 4.69) is 9.97 Å². The van der Waals surface area contributed by atoms with Crippen LogP contribution in [0.25, 0.3) is 0 Å². The molecule has 88 valence electrons. The van der Waals surface area contributed by atoms with E-state index in [1.54, 1.807) is 24.3 Å². The highest BCUT2D eigenvalue weighted by Crippen LogP contribution is 2.12. The number of aromatic nitrogens is 2. The Hall–Kier alpha value is -1.46. The normalized spacial score (nSPS) is 12.3. The first-order chi connectivity index (χ1) is 8.16. The average molecular weight is 269 g/mol. The van der Waals surface area contributed by atoms with Crippen molar-refractivity contribution < 1.29 is 4.21 Å². The summed E-state index contributed by atoms with van der Waals surface area (Å²) in [7, 11) is -1.45. The van der Waals surface area contributed by atoms with Crippen LogP contribution in [0, 0.1) is 0 Å². The first-order valence-electron chi connectivity index (χ1n) is 4.83. The summed E-state index contributed by atoms with van der Waals surface area (Å²) < 4.78 is 11.9. The number of nitrogens with zero attached hydrogens (tertiary/aromatic N) is 1. The Balaban J connectivity index is 2.20. The van der Waals surface area contributed by atoms with Crippen molar-refractivity contribution in [1.82, 2.24) is 9.97 Å². The van der Waals surface area contributed by atoms with E-state index in [1.807, 2.05) is 0 Å². The van der Waals surface area contributed by atoms with Crippen LogP contribution in [0.5, 0.6) is 0 Å². The number of benzene rings is 1. The van der Waals surface area contributed by atoms with Gasteiger partial charge in [0.15, 0.2) is 5.03 Å². The summed E-state index contributed by atoms with van der Waals surface area (Å²) in [4.78, 5) is 17.6. The van der Waals surface area contributed by atoms with Crippen molar-refractivity contribution in [1.29, 1.82) is 0 Å². The Labute approximate surface area is 105 Å². The van der Waals surface area contributed by atoms with Crippen molar-refractivity contribution in [2.24, 2.45) is 0 Å². The van der Waals surface area contributed by atoms with Gasteiger partial charge in [-0.05, 0) is 17.7 Å². The van der Waals surface area contributed by atoms with Gasteiger partial charge < -0.3 is 4.98 Å². The third-order valence-electron chi connectivity index (χ3n) is 2.10. The molecule has 0 amide bonds. The molecule has 0 aliphatic carbocycles. The van der Waals surface area contributed by atoms with E-state index in [4.69, 9.17) is 11.6 Å². The average Bonchev–Trinajstić information content (AvgIpc) is 2.32. The second kappa shape index (κ2) is 5.25. The molecule has 1 unspecified atom stereocenters. The van der Waals surface area contributed by atoms with Crippen LogP contribution >= 0.6 is 11.6 Å². The molecular weight excluding hydrogens is 260 g/mol. The van der Waals surface area contributed by atoms with Gasteiger partial charge in [0.1, 0.15) is 0 Å². The SMILES string of the molecule is O=c1[nH]ccnc1S(=O)Cc1ccc(Cl)cc1. The molecule has 0 radical (unpaired) electrons. The molecule has 4 nitrogen and oxygen atoms in total. The van der Waals surface area contributed by atoms with Gasteiger partial charge in [-0.15, -0.1) is 0 Å². The van der Waals surface area contributed by atoms with Crippen LogP contribution in [-0.2, 0) is 16.6 Å². The Morgan fingerprint density at radius 2 is 2.00 bits per heavy atom. The van der Waals surface area contributed by atoms with Crippen LogP contribution in [0.3, 0.4) is 0 Å². The number of halogens is 1. The molecule has 0 spiro atoms. The van der Waals surface area contributed by atoms with Crippen molar-refractivity contribution in [3.8, 4) is 0 Å². The highest BCUT2D eigenvalue weighted by molar-refractivity contribution is 7.84. The fourth-order valence-corrected chi connectivity index (χ4v) is 2.50. The Morgan fingerprint density at radius 3 is 2.65 bits per heavy atom. The summed E-state index contributed by atoms with van der Waals surface area (Å²) in [5, 5.41) is 0.665. The molecule has 17 heavy (non-hydrogen) atoms. The van der Waals surface area contributed by atoms with Gasteiger partial charge in [0, 0.05) is 17.4 Å². The van der Waals surface area contributed by atoms with Crippen molar-refractivity contribution in [3.63, 3.8) is 0 Å². The largest absolute Gasteiger partial charge is 0.325 e. The topological polar surface area (TPSA) is 62.8 Å². The minimum absolute atomic E-state index is 0.0439. The van der Waals surface area contributed by atoms with Crippen LogP contribution < -0.4 is 5.56 Å². The van der Waals surface area contributed by atoms with E-state index >= 15 is 0 Å².